The van der Waals surface area contributed by atoms with Gasteiger partial charge < -0.3 is 0 Å². The van der Waals surface area contributed by atoms with Crippen molar-refractivity contribution in [3.63, 3.8) is 0 Å². The molecule has 0 aliphatic carbocycles. The van der Waals surface area contributed by atoms with Crippen molar-refractivity contribution < 1.29 is 4.21 Å². The molecule has 0 aromatic heterocycles. The van der Waals surface area contributed by atoms with Crippen LogP contribution in [-0.2, 0) is 18.1 Å². The zero-order valence-corrected chi connectivity index (χ0v) is 20.3. The molecule has 142 valence electrons. The van der Waals surface area contributed by atoms with Gasteiger partial charge in [-0.3, -0.25) is 4.21 Å². The van der Waals surface area contributed by atoms with Crippen LogP contribution in [0.15, 0.2) is 24.3 Å². The summed E-state index contributed by atoms with van der Waals surface area (Å²) in [6, 6.07) is 5.49. The Labute approximate surface area is 202 Å². The molecular formula is C14H4Cl10OS. The van der Waals surface area contributed by atoms with Crippen LogP contribution in [0.2, 0.25) is 30.1 Å². The van der Waals surface area contributed by atoms with Gasteiger partial charge in [0.05, 0.1) is 30.1 Å². The van der Waals surface area contributed by atoms with Gasteiger partial charge in [0.15, 0.2) is 0 Å². The zero-order chi connectivity index (χ0) is 20.0. The molecule has 26 heavy (non-hydrogen) atoms. The van der Waals surface area contributed by atoms with Crippen LogP contribution < -0.4 is 0 Å². The molecule has 0 heterocycles. The fraction of sp³-hybridized carbons (Fsp3) is 0.143. The van der Waals surface area contributed by atoms with Gasteiger partial charge in [-0.05, 0) is 12.1 Å². The number of halogens is 10. The summed E-state index contributed by atoms with van der Waals surface area (Å²) in [5.74, 6) is 0. The van der Waals surface area contributed by atoms with Gasteiger partial charge in [0, 0.05) is 11.1 Å². The molecule has 0 radical (unpaired) electrons. The van der Waals surface area contributed by atoms with Gasteiger partial charge >= 0.3 is 0 Å². The molecule has 12 heteroatoms. The van der Waals surface area contributed by atoms with Crippen molar-refractivity contribution in [2.45, 2.75) is 7.33 Å². The lowest BCUT2D eigenvalue weighted by atomic mass is 10.2. The summed E-state index contributed by atoms with van der Waals surface area (Å²) < 4.78 is 8.77. The summed E-state index contributed by atoms with van der Waals surface area (Å²) in [6.45, 7) is 0. The van der Waals surface area contributed by atoms with Gasteiger partial charge in [-0.15, -0.1) is 0 Å². The van der Waals surface area contributed by atoms with Crippen LogP contribution in [0.5, 0.6) is 0 Å². The van der Waals surface area contributed by atoms with E-state index in [0.717, 1.165) is 0 Å². The highest BCUT2D eigenvalue weighted by molar-refractivity contribution is 7.92. The van der Waals surface area contributed by atoms with Crippen LogP contribution >= 0.6 is 116 Å². The molecule has 0 spiro atoms. The molecule has 2 aromatic rings. The van der Waals surface area contributed by atoms with E-state index in [1.54, 1.807) is 0 Å². The third-order valence-electron chi connectivity index (χ3n) is 3.16. The Bertz CT molecular complexity index is 824. The molecule has 0 saturated carbocycles. The smallest absolute Gasteiger partial charge is 0.221 e. The van der Waals surface area contributed by atoms with Gasteiger partial charge in [0.1, 0.15) is 10.8 Å². The SMILES string of the molecule is O=S(C(Cl)(Cl)c1ccc(Cl)c(Cl)c1Cl)C(Cl)(Cl)c1ccc(Cl)c(Cl)c1Cl. The Morgan fingerprint density at radius 3 is 1.19 bits per heavy atom. The molecule has 0 amide bonds. The fourth-order valence-electron chi connectivity index (χ4n) is 1.86. The van der Waals surface area contributed by atoms with Crippen LogP contribution in [0.4, 0.5) is 0 Å². The van der Waals surface area contributed by atoms with Crippen LogP contribution in [-0.4, -0.2) is 4.21 Å². The summed E-state index contributed by atoms with van der Waals surface area (Å²) in [5.41, 5.74) is -0.00539. The molecule has 0 aliphatic rings. The van der Waals surface area contributed by atoms with Crippen molar-refractivity contribution in [1.29, 1.82) is 0 Å². The molecule has 0 N–H and O–H groups in total. The first-order chi connectivity index (χ1) is 11.8. The molecule has 1 nitrogen and oxygen atoms in total. The Kier molecular flexibility index (Phi) is 7.95. The maximum absolute atomic E-state index is 13.1. The molecule has 0 fully saturated rings. The predicted molar refractivity (Wildman–Crippen MR) is 118 cm³/mol. The van der Waals surface area contributed by atoms with E-state index in [9.17, 15) is 4.21 Å². The molecule has 0 unspecified atom stereocenters. The average Bonchev–Trinajstić information content (AvgIpc) is 2.56. The first-order valence-electron chi connectivity index (χ1n) is 6.29. The van der Waals surface area contributed by atoms with Gasteiger partial charge in [-0.2, -0.15) is 0 Å². The minimum atomic E-state index is -2.40. The third kappa shape index (κ3) is 4.32. The minimum Gasteiger partial charge on any atom is -0.253 e. The van der Waals surface area contributed by atoms with Crippen LogP contribution in [0.1, 0.15) is 11.1 Å². The van der Waals surface area contributed by atoms with Crippen molar-refractivity contribution in [2.24, 2.45) is 0 Å². The van der Waals surface area contributed by atoms with E-state index < -0.39 is 18.1 Å². The average molecular weight is 575 g/mol. The normalized spacial score (nSPS) is 12.7. The van der Waals surface area contributed by atoms with Crippen LogP contribution in [0.25, 0.3) is 0 Å². The fourth-order valence-corrected chi connectivity index (χ4v) is 7.08. The second-order valence-corrected chi connectivity index (χ2v) is 12.4. The molecule has 2 aromatic carbocycles. The highest BCUT2D eigenvalue weighted by atomic mass is 35.5. The summed E-state index contributed by atoms with van der Waals surface area (Å²) >= 11 is 61.2. The minimum absolute atomic E-state index is 0.00269. The summed E-state index contributed by atoms with van der Waals surface area (Å²) in [6.07, 6.45) is 0. The van der Waals surface area contributed by atoms with Crippen LogP contribution in [0, 0.1) is 0 Å². The second-order valence-electron chi connectivity index (χ2n) is 4.75. The van der Waals surface area contributed by atoms with E-state index in [0.29, 0.717) is 0 Å². The monoisotopic (exact) mass is 570 g/mol. The number of alkyl halides is 4. The maximum atomic E-state index is 13.1. The molecule has 0 saturated heterocycles. The number of benzene rings is 2. The van der Waals surface area contributed by atoms with Crippen molar-refractivity contribution in [3.05, 3.63) is 65.5 Å². The summed E-state index contributed by atoms with van der Waals surface area (Å²) in [4.78, 5) is 0. The molecular weight excluding hydrogens is 571 g/mol. The van der Waals surface area contributed by atoms with Crippen molar-refractivity contribution >= 4 is 127 Å². The van der Waals surface area contributed by atoms with E-state index in [1.165, 1.54) is 24.3 Å². The summed E-state index contributed by atoms with van der Waals surface area (Å²) in [7, 11) is -2.40. The highest BCUT2D eigenvalue weighted by Crippen LogP contribution is 2.54. The topological polar surface area (TPSA) is 17.1 Å². The first-order valence-corrected chi connectivity index (χ1v) is 11.2. The standard InChI is InChI=1S/C14H4Cl10OS/c15-7-3-1-5(9(17)11(7)19)13(21,22)26(25)14(23,24)6-2-4-8(16)12(20)10(6)18/h1-4H. The van der Waals surface area contributed by atoms with Gasteiger partial charge in [0.2, 0.25) is 7.33 Å². The van der Waals surface area contributed by atoms with E-state index >= 15 is 0 Å². The van der Waals surface area contributed by atoms with E-state index in [2.05, 4.69) is 0 Å². The lowest BCUT2D eigenvalue weighted by Gasteiger charge is -2.29. The molecule has 2 rings (SSSR count). The molecule has 0 atom stereocenters. The molecule has 0 bridgehead atoms. The quantitative estimate of drug-likeness (QED) is 0.263. The van der Waals surface area contributed by atoms with Gasteiger partial charge in [-0.25, -0.2) is 0 Å². The van der Waals surface area contributed by atoms with Crippen molar-refractivity contribution in [1.82, 2.24) is 0 Å². The van der Waals surface area contributed by atoms with Crippen molar-refractivity contribution in [2.75, 3.05) is 0 Å². The first kappa shape index (κ1) is 23.8. The number of hydrogen-bond acceptors (Lipinski definition) is 1. The van der Waals surface area contributed by atoms with Gasteiger partial charge in [0.25, 0.3) is 0 Å². The predicted octanol–water partition coefficient (Wildman–Crippen LogP) is 9.23. The lowest BCUT2D eigenvalue weighted by molar-refractivity contribution is 0.674. The maximum Gasteiger partial charge on any atom is 0.221 e. The third-order valence-corrected chi connectivity index (χ3v) is 9.62. The second kappa shape index (κ2) is 8.70. The largest absolute Gasteiger partial charge is 0.253 e. The Balaban J connectivity index is 2.59. The zero-order valence-electron chi connectivity index (χ0n) is 11.9. The Morgan fingerprint density at radius 1 is 0.577 bits per heavy atom. The van der Waals surface area contributed by atoms with Crippen molar-refractivity contribution in [3.8, 4) is 0 Å². The van der Waals surface area contributed by atoms with E-state index in [4.69, 9.17) is 116 Å². The number of hydrogen-bond donors (Lipinski definition) is 0. The summed E-state index contributed by atoms with van der Waals surface area (Å²) in [5, 5.41) is 0.0900. The van der Waals surface area contributed by atoms with E-state index in [1.807, 2.05) is 0 Å². The van der Waals surface area contributed by atoms with Crippen LogP contribution in [0.3, 0.4) is 0 Å². The lowest BCUT2D eigenvalue weighted by Crippen LogP contribution is -2.31. The Hall–Kier alpha value is 1.49. The highest BCUT2D eigenvalue weighted by Gasteiger charge is 2.50. The molecule has 0 aliphatic heterocycles. The number of rotatable bonds is 4. The Morgan fingerprint density at radius 2 is 0.885 bits per heavy atom. The van der Waals surface area contributed by atoms with Gasteiger partial charge in [-0.1, -0.05) is 128 Å². The van der Waals surface area contributed by atoms with E-state index in [-0.39, 0.29) is 41.3 Å².